The van der Waals surface area contributed by atoms with Crippen molar-refractivity contribution in [1.29, 1.82) is 0 Å². The molecule has 2 rings (SSSR count). The molecule has 0 bridgehead atoms. The Morgan fingerprint density at radius 3 is 2.76 bits per heavy atom. The highest BCUT2D eigenvalue weighted by Gasteiger charge is 2.23. The number of carboxylic acids is 1. The second kappa shape index (κ2) is 3.97. The SMILES string of the molecule is Cc1onc(-c2cc(F)ccc2F)c1C(=O)O. The third kappa shape index (κ3) is 1.89. The van der Waals surface area contributed by atoms with Gasteiger partial charge in [0.05, 0.1) is 0 Å². The summed E-state index contributed by atoms with van der Waals surface area (Å²) in [4.78, 5) is 11.0. The van der Waals surface area contributed by atoms with Crippen LogP contribution in [0.1, 0.15) is 16.1 Å². The van der Waals surface area contributed by atoms with E-state index in [4.69, 9.17) is 5.11 Å². The average molecular weight is 239 g/mol. The van der Waals surface area contributed by atoms with Crippen molar-refractivity contribution >= 4 is 5.97 Å². The number of aromatic carboxylic acids is 1. The predicted octanol–water partition coefficient (Wildman–Crippen LogP) is 2.63. The summed E-state index contributed by atoms with van der Waals surface area (Å²) >= 11 is 0. The van der Waals surface area contributed by atoms with Crippen LogP contribution >= 0.6 is 0 Å². The van der Waals surface area contributed by atoms with Gasteiger partial charge in [-0.15, -0.1) is 0 Å². The molecule has 2 aromatic rings. The van der Waals surface area contributed by atoms with Gasteiger partial charge in [0.15, 0.2) is 0 Å². The first kappa shape index (κ1) is 11.3. The molecule has 1 N–H and O–H groups in total. The zero-order valence-electron chi connectivity index (χ0n) is 8.70. The molecule has 0 radical (unpaired) electrons. The quantitative estimate of drug-likeness (QED) is 0.874. The first-order valence-electron chi connectivity index (χ1n) is 4.65. The molecule has 17 heavy (non-hydrogen) atoms. The number of carbonyl (C=O) groups is 1. The summed E-state index contributed by atoms with van der Waals surface area (Å²) in [5, 5.41) is 12.4. The lowest BCUT2D eigenvalue weighted by Crippen LogP contribution is -2.00. The van der Waals surface area contributed by atoms with E-state index < -0.39 is 17.6 Å². The molecule has 6 heteroatoms. The molecule has 0 saturated heterocycles. The maximum Gasteiger partial charge on any atom is 0.341 e. The third-order valence-electron chi connectivity index (χ3n) is 2.26. The Kier molecular flexibility index (Phi) is 2.63. The summed E-state index contributed by atoms with van der Waals surface area (Å²) in [5.41, 5.74) is -0.722. The number of hydrogen-bond donors (Lipinski definition) is 1. The highest BCUT2D eigenvalue weighted by atomic mass is 19.1. The molecule has 0 aliphatic rings. The third-order valence-corrected chi connectivity index (χ3v) is 2.26. The van der Waals surface area contributed by atoms with Crippen molar-refractivity contribution in [2.24, 2.45) is 0 Å². The Balaban J connectivity index is 2.68. The minimum absolute atomic E-state index is 0.0381. The summed E-state index contributed by atoms with van der Waals surface area (Å²) in [5.74, 6) is -2.71. The summed E-state index contributed by atoms with van der Waals surface area (Å²) < 4.78 is 31.2. The molecule has 4 nitrogen and oxygen atoms in total. The molecule has 0 fully saturated rings. The van der Waals surface area contributed by atoms with E-state index in [9.17, 15) is 13.6 Å². The predicted molar refractivity (Wildman–Crippen MR) is 53.6 cm³/mol. The molecule has 0 aliphatic heterocycles. The van der Waals surface area contributed by atoms with Crippen molar-refractivity contribution in [2.75, 3.05) is 0 Å². The molecule has 0 atom stereocenters. The van der Waals surface area contributed by atoms with Gasteiger partial charge in [0.25, 0.3) is 0 Å². The monoisotopic (exact) mass is 239 g/mol. The van der Waals surface area contributed by atoms with Crippen LogP contribution < -0.4 is 0 Å². The van der Waals surface area contributed by atoms with Crippen molar-refractivity contribution in [2.45, 2.75) is 6.92 Å². The minimum Gasteiger partial charge on any atom is -0.477 e. The number of aromatic nitrogens is 1. The molecular weight excluding hydrogens is 232 g/mol. The molecule has 1 heterocycles. The standard InChI is InChI=1S/C11H7F2NO3/c1-5-9(11(15)16)10(14-17-5)7-4-6(12)2-3-8(7)13/h2-4H,1H3,(H,15,16). The topological polar surface area (TPSA) is 63.3 Å². The second-order valence-corrected chi connectivity index (χ2v) is 3.39. The first-order valence-corrected chi connectivity index (χ1v) is 4.65. The number of benzene rings is 1. The van der Waals surface area contributed by atoms with Gasteiger partial charge in [-0.3, -0.25) is 0 Å². The van der Waals surface area contributed by atoms with Crippen LogP contribution in [-0.2, 0) is 0 Å². The Bertz CT molecular complexity index is 592. The van der Waals surface area contributed by atoms with Gasteiger partial charge in [-0.2, -0.15) is 0 Å². The lowest BCUT2D eigenvalue weighted by Gasteiger charge is -2.00. The number of hydrogen-bond acceptors (Lipinski definition) is 3. The minimum atomic E-state index is -1.30. The molecule has 88 valence electrons. The smallest absolute Gasteiger partial charge is 0.341 e. The molecule has 1 aromatic heterocycles. The van der Waals surface area contributed by atoms with Gasteiger partial charge in [0.1, 0.15) is 28.7 Å². The number of nitrogens with zero attached hydrogens (tertiary/aromatic N) is 1. The van der Waals surface area contributed by atoms with E-state index in [1.165, 1.54) is 6.92 Å². The van der Waals surface area contributed by atoms with E-state index in [1.807, 2.05) is 0 Å². The van der Waals surface area contributed by atoms with Crippen molar-refractivity contribution in [1.82, 2.24) is 5.16 Å². The van der Waals surface area contributed by atoms with Crippen molar-refractivity contribution in [3.8, 4) is 11.3 Å². The van der Waals surface area contributed by atoms with Gasteiger partial charge in [0, 0.05) is 5.56 Å². The van der Waals surface area contributed by atoms with Crippen LogP contribution in [0.25, 0.3) is 11.3 Å². The summed E-state index contributed by atoms with van der Waals surface area (Å²) in [6.45, 7) is 1.39. The van der Waals surface area contributed by atoms with Crippen LogP contribution in [0, 0.1) is 18.6 Å². The normalized spacial score (nSPS) is 10.5. The van der Waals surface area contributed by atoms with E-state index in [-0.39, 0.29) is 22.6 Å². The Hall–Kier alpha value is -2.24. The van der Waals surface area contributed by atoms with Crippen LogP contribution in [0.5, 0.6) is 0 Å². The molecule has 0 amide bonds. The summed E-state index contributed by atoms with van der Waals surface area (Å²) in [6.07, 6.45) is 0. The fourth-order valence-electron chi connectivity index (χ4n) is 1.49. The summed E-state index contributed by atoms with van der Waals surface area (Å²) in [7, 11) is 0. The zero-order valence-corrected chi connectivity index (χ0v) is 8.70. The molecule has 0 spiro atoms. The van der Waals surface area contributed by atoms with Crippen molar-refractivity contribution in [3.05, 3.63) is 41.2 Å². The number of rotatable bonds is 2. The van der Waals surface area contributed by atoms with Crippen LogP contribution in [0.15, 0.2) is 22.7 Å². The van der Waals surface area contributed by atoms with E-state index in [1.54, 1.807) is 0 Å². The van der Waals surface area contributed by atoms with E-state index >= 15 is 0 Å². The van der Waals surface area contributed by atoms with Crippen LogP contribution in [0.2, 0.25) is 0 Å². The van der Waals surface area contributed by atoms with Gasteiger partial charge in [-0.05, 0) is 25.1 Å². The first-order chi connectivity index (χ1) is 8.00. The molecule has 0 saturated carbocycles. The maximum absolute atomic E-state index is 13.5. The zero-order chi connectivity index (χ0) is 12.6. The highest BCUT2D eigenvalue weighted by molar-refractivity contribution is 5.95. The molecule has 0 aliphatic carbocycles. The fraction of sp³-hybridized carbons (Fsp3) is 0.0909. The van der Waals surface area contributed by atoms with Crippen molar-refractivity contribution < 1.29 is 23.2 Å². The van der Waals surface area contributed by atoms with E-state index in [0.717, 1.165) is 18.2 Å². The number of aryl methyl sites for hydroxylation is 1. The maximum atomic E-state index is 13.5. The summed E-state index contributed by atoms with van der Waals surface area (Å²) in [6, 6.07) is 2.71. The van der Waals surface area contributed by atoms with Gasteiger partial charge in [0.2, 0.25) is 0 Å². The van der Waals surface area contributed by atoms with Gasteiger partial charge >= 0.3 is 5.97 Å². The molecule has 1 aromatic carbocycles. The largest absolute Gasteiger partial charge is 0.477 e. The van der Waals surface area contributed by atoms with Gasteiger partial charge < -0.3 is 9.63 Å². The highest BCUT2D eigenvalue weighted by Crippen LogP contribution is 2.28. The number of carboxylic acid groups (broad SMARTS) is 1. The van der Waals surface area contributed by atoms with Gasteiger partial charge in [-0.1, -0.05) is 5.16 Å². The lowest BCUT2D eigenvalue weighted by molar-refractivity contribution is 0.0695. The molecular formula is C11H7F2NO3. The Labute approximate surface area is 94.5 Å². The van der Waals surface area contributed by atoms with Crippen LogP contribution in [-0.4, -0.2) is 16.2 Å². The van der Waals surface area contributed by atoms with Crippen LogP contribution in [0.3, 0.4) is 0 Å². The van der Waals surface area contributed by atoms with Crippen LogP contribution in [0.4, 0.5) is 8.78 Å². The van der Waals surface area contributed by atoms with E-state index in [0.29, 0.717) is 0 Å². The second-order valence-electron chi connectivity index (χ2n) is 3.39. The van der Waals surface area contributed by atoms with Crippen molar-refractivity contribution in [3.63, 3.8) is 0 Å². The Morgan fingerprint density at radius 2 is 2.12 bits per heavy atom. The fourth-order valence-corrected chi connectivity index (χ4v) is 1.49. The van der Waals surface area contributed by atoms with Gasteiger partial charge in [-0.25, -0.2) is 13.6 Å². The van der Waals surface area contributed by atoms with E-state index in [2.05, 4.69) is 9.68 Å². The lowest BCUT2D eigenvalue weighted by atomic mass is 10.1. The molecule has 0 unspecified atom stereocenters. The number of halogens is 2. The average Bonchev–Trinajstić information content (AvgIpc) is 2.64. The Morgan fingerprint density at radius 1 is 1.41 bits per heavy atom.